The van der Waals surface area contributed by atoms with Crippen LogP contribution in [0.2, 0.25) is 5.02 Å². The second kappa shape index (κ2) is 5.78. The van der Waals surface area contributed by atoms with Gasteiger partial charge in [0.25, 0.3) is 0 Å². The highest BCUT2D eigenvalue weighted by Crippen LogP contribution is 2.42. The van der Waals surface area contributed by atoms with Crippen LogP contribution in [0.4, 0.5) is 4.39 Å². The number of halogens is 2. The van der Waals surface area contributed by atoms with Crippen LogP contribution in [0.15, 0.2) is 18.2 Å². The van der Waals surface area contributed by atoms with E-state index in [-0.39, 0.29) is 16.9 Å². The van der Waals surface area contributed by atoms with Gasteiger partial charge in [-0.25, -0.2) is 4.39 Å². The van der Waals surface area contributed by atoms with Gasteiger partial charge in [-0.2, -0.15) is 0 Å². The molecule has 1 aromatic carbocycles. The average molecular weight is 283 g/mol. The zero-order valence-electron chi connectivity index (χ0n) is 11.0. The SMILES string of the molecule is Fc1c(Cl)cccc1[C@H](C1CCC1)N1CCNCC1. The monoisotopic (exact) mass is 282 g/mol. The molecule has 1 saturated heterocycles. The van der Waals surface area contributed by atoms with Crippen molar-refractivity contribution in [1.82, 2.24) is 10.2 Å². The van der Waals surface area contributed by atoms with Crippen LogP contribution in [-0.4, -0.2) is 31.1 Å². The van der Waals surface area contributed by atoms with Crippen molar-refractivity contribution in [2.24, 2.45) is 5.92 Å². The van der Waals surface area contributed by atoms with Crippen LogP contribution in [0.25, 0.3) is 0 Å². The molecule has 2 nitrogen and oxygen atoms in total. The average Bonchev–Trinajstić information content (AvgIpc) is 2.38. The van der Waals surface area contributed by atoms with E-state index in [1.807, 2.05) is 12.1 Å². The van der Waals surface area contributed by atoms with E-state index in [0.717, 1.165) is 31.7 Å². The van der Waals surface area contributed by atoms with Crippen molar-refractivity contribution in [3.8, 4) is 0 Å². The molecule has 0 unspecified atom stereocenters. The lowest BCUT2D eigenvalue weighted by molar-refractivity contribution is 0.0812. The maximum absolute atomic E-state index is 14.4. The van der Waals surface area contributed by atoms with Crippen LogP contribution in [-0.2, 0) is 0 Å². The molecule has 0 radical (unpaired) electrons. The molecule has 2 aliphatic rings. The van der Waals surface area contributed by atoms with Gasteiger partial charge in [0.2, 0.25) is 0 Å². The van der Waals surface area contributed by atoms with Gasteiger partial charge in [-0.05, 0) is 24.8 Å². The molecule has 0 bridgehead atoms. The zero-order chi connectivity index (χ0) is 13.2. The number of piperazine rings is 1. The zero-order valence-corrected chi connectivity index (χ0v) is 11.8. The predicted octanol–water partition coefficient (Wildman–Crippen LogP) is 3.23. The van der Waals surface area contributed by atoms with Crippen LogP contribution in [0.3, 0.4) is 0 Å². The Balaban J connectivity index is 1.91. The molecule has 2 fully saturated rings. The first-order valence-electron chi connectivity index (χ1n) is 7.16. The van der Waals surface area contributed by atoms with Gasteiger partial charge in [0.15, 0.2) is 0 Å². The Bertz CT molecular complexity index is 442. The third-order valence-corrected chi connectivity index (χ3v) is 4.73. The fourth-order valence-electron chi connectivity index (χ4n) is 3.21. The summed E-state index contributed by atoms with van der Waals surface area (Å²) in [6, 6.07) is 5.62. The molecule has 3 rings (SSSR count). The third kappa shape index (κ3) is 2.64. The highest BCUT2D eigenvalue weighted by atomic mass is 35.5. The van der Waals surface area contributed by atoms with Gasteiger partial charge in [0, 0.05) is 37.8 Å². The molecule has 1 atom stereocenters. The van der Waals surface area contributed by atoms with Gasteiger partial charge in [-0.3, -0.25) is 4.90 Å². The summed E-state index contributed by atoms with van der Waals surface area (Å²) >= 11 is 5.96. The van der Waals surface area contributed by atoms with E-state index in [4.69, 9.17) is 11.6 Å². The van der Waals surface area contributed by atoms with E-state index in [9.17, 15) is 4.39 Å². The molecule has 0 amide bonds. The third-order valence-electron chi connectivity index (χ3n) is 4.44. The fourth-order valence-corrected chi connectivity index (χ4v) is 3.40. The van der Waals surface area contributed by atoms with Gasteiger partial charge in [-0.1, -0.05) is 30.2 Å². The summed E-state index contributed by atoms with van der Waals surface area (Å²) in [5.41, 5.74) is 0.791. The maximum Gasteiger partial charge on any atom is 0.146 e. The van der Waals surface area contributed by atoms with Crippen molar-refractivity contribution < 1.29 is 4.39 Å². The Morgan fingerprint density at radius 2 is 2.00 bits per heavy atom. The van der Waals surface area contributed by atoms with Crippen LogP contribution >= 0.6 is 11.6 Å². The molecule has 4 heteroatoms. The molecular formula is C15H20ClFN2. The Morgan fingerprint density at radius 1 is 1.26 bits per heavy atom. The Morgan fingerprint density at radius 3 is 2.63 bits per heavy atom. The van der Waals surface area contributed by atoms with E-state index in [0.29, 0.717) is 5.92 Å². The number of hydrogen-bond donors (Lipinski definition) is 1. The highest BCUT2D eigenvalue weighted by molar-refractivity contribution is 6.30. The molecule has 1 heterocycles. The molecule has 104 valence electrons. The van der Waals surface area contributed by atoms with Crippen molar-refractivity contribution >= 4 is 11.6 Å². The van der Waals surface area contributed by atoms with Gasteiger partial charge in [0.1, 0.15) is 5.82 Å². The summed E-state index contributed by atoms with van der Waals surface area (Å²) in [7, 11) is 0. The molecular weight excluding hydrogens is 263 g/mol. The molecule has 19 heavy (non-hydrogen) atoms. The molecule has 1 aromatic rings. The summed E-state index contributed by atoms with van der Waals surface area (Å²) < 4.78 is 14.4. The summed E-state index contributed by atoms with van der Waals surface area (Å²) in [6.07, 6.45) is 3.69. The Labute approximate surface area is 118 Å². The Kier molecular flexibility index (Phi) is 4.06. The van der Waals surface area contributed by atoms with Crippen LogP contribution < -0.4 is 5.32 Å². The lowest BCUT2D eigenvalue weighted by atomic mass is 9.76. The Hall–Kier alpha value is -0.640. The van der Waals surface area contributed by atoms with Crippen LogP contribution in [0.1, 0.15) is 30.9 Å². The quantitative estimate of drug-likeness (QED) is 0.916. The molecule has 0 spiro atoms. The van der Waals surface area contributed by atoms with Crippen LogP contribution in [0.5, 0.6) is 0 Å². The smallest absolute Gasteiger partial charge is 0.146 e. The lowest BCUT2D eigenvalue weighted by Gasteiger charge is -2.43. The topological polar surface area (TPSA) is 15.3 Å². The predicted molar refractivity (Wildman–Crippen MR) is 75.9 cm³/mol. The van der Waals surface area contributed by atoms with E-state index >= 15 is 0 Å². The largest absolute Gasteiger partial charge is 0.314 e. The summed E-state index contributed by atoms with van der Waals surface area (Å²) in [4.78, 5) is 2.43. The van der Waals surface area contributed by atoms with E-state index < -0.39 is 0 Å². The van der Waals surface area contributed by atoms with E-state index in [2.05, 4.69) is 10.2 Å². The number of hydrogen-bond acceptors (Lipinski definition) is 2. The summed E-state index contributed by atoms with van der Waals surface area (Å²) in [5.74, 6) is 0.366. The molecule has 1 aliphatic carbocycles. The standard InChI is InChI=1S/C15H20ClFN2/c16-13-6-2-5-12(14(13)17)15(11-3-1-4-11)19-9-7-18-8-10-19/h2,5-6,11,15,18H,1,3-4,7-10H2/t15-/m0/s1. The highest BCUT2D eigenvalue weighted by Gasteiger charge is 2.35. The lowest BCUT2D eigenvalue weighted by Crippen LogP contribution is -2.48. The molecule has 1 N–H and O–H groups in total. The minimum atomic E-state index is -0.223. The van der Waals surface area contributed by atoms with Gasteiger partial charge in [-0.15, -0.1) is 0 Å². The fraction of sp³-hybridized carbons (Fsp3) is 0.600. The first kappa shape index (κ1) is 13.3. The van der Waals surface area contributed by atoms with Crippen molar-refractivity contribution in [2.45, 2.75) is 25.3 Å². The molecule has 0 aromatic heterocycles. The maximum atomic E-state index is 14.4. The minimum Gasteiger partial charge on any atom is -0.314 e. The van der Waals surface area contributed by atoms with Gasteiger partial charge in [0.05, 0.1) is 5.02 Å². The first-order valence-corrected chi connectivity index (χ1v) is 7.54. The van der Waals surface area contributed by atoms with E-state index in [1.54, 1.807) is 6.07 Å². The second-order valence-electron chi connectivity index (χ2n) is 5.56. The summed E-state index contributed by atoms with van der Waals surface area (Å²) in [6.45, 7) is 3.97. The minimum absolute atomic E-state index is 0.203. The number of nitrogens with one attached hydrogen (secondary N) is 1. The first-order chi connectivity index (χ1) is 9.27. The number of benzene rings is 1. The van der Waals surface area contributed by atoms with Crippen molar-refractivity contribution in [3.63, 3.8) is 0 Å². The van der Waals surface area contributed by atoms with Crippen LogP contribution in [0, 0.1) is 11.7 Å². The normalized spacial score (nSPS) is 23.1. The van der Waals surface area contributed by atoms with Gasteiger partial charge < -0.3 is 5.32 Å². The second-order valence-corrected chi connectivity index (χ2v) is 5.97. The van der Waals surface area contributed by atoms with Gasteiger partial charge >= 0.3 is 0 Å². The van der Waals surface area contributed by atoms with E-state index in [1.165, 1.54) is 19.3 Å². The van der Waals surface area contributed by atoms with Crippen molar-refractivity contribution in [3.05, 3.63) is 34.6 Å². The number of rotatable bonds is 3. The van der Waals surface area contributed by atoms with Crippen molar-refractivity contribution in [2.75, 3.05) is 26.2 Å². The van der Waals surface area contributed by atoms with Crippen molar-refractivity contribution in [1.29, 1.82) is 0 Å². The number of nitrogens with zero attached hydrogens (tertiary/aromatic N) is 1. The molecule has 1 aliphatic heterocycles. The summed E-state index contributed by atoms with van der Waals surface area (Å²) in [5, 5.41) is 3.61. The molecule has 1 saturated carbocycles.